The van der Waals surface area contributed by atoms with Gasteiger partial charge in [0.1, 0.15) is 11.5 Å². The lowest BCUT2D eigenvalue weighted by atomic mass is 10.2. The maximum atomic E-state index is 12.6. The molecule has 1 aromatic rings. The molecule has 0 radical (unpaired) electrons. The zero-order valence-electron chi connectivity index (χ0n) is 12.7. The van der Waals surface area contributed by atoms with E-state index in [4.69, 9.17) is 11.6 Å². The molecule has 116 valence electrons. The Hall–Kier alpha value is -1.33. The summed E-state index contributed by atoms with van der Waals surface area (Å²) in [5.41, 5.74) is 0.346. The van der Waals surface area contributed by atoms with Gasteiger partial charge in [-0.25, -0.2) is 4.98 Å². The molecule has 0 atom stereocenters. The lowest BCUT2D eigenvalue weighted by Crippen LogP contribution is -2.49. The summed E-state index contributed by atoms with van der Waals surface area (Å²) in [6.45, 7) is 9.34. The fourth-order valence-corrected chi connectivity index (χ4v) is 2.70. The number of halogens is 1. The average molecular weight is 311 g/mol. The smallest absolute Gasteiger partial charge is 0.274 e. The molecule has 2 heterocycles. The van der Waals surface area contributed by atoms with Crippen molar-refractivity contribution in [2.75, 3.05) is 44.6 Å². The molecule has 1 saturated heterocycles. The van der Waals surface area contributed by atoms with E-state index in [1.54, 1.807) is 12.1 Å². The van der Waals surface area contributed by atoms with Gasteiger partial charge >= 0.3 is 0 Å². The first-order valence-corrected chi connectivity index (χ1v) is 7.95. The molecule has 1 fully saturated rings. The van der Waals surface area contributed by atoms with E-state index < -0.39 is 0 Å². The number of amides is 1. The third-order valence-corrected chi connectivity index (χ3v) is 3.91. The van der Waals surface area contributed by atoms with Crippen LogP contribution in [0.1, 0.15) is 30.8 Å². The summed E-state index contributed by atoms with van der Waals surface area (Å²) in [5, 5.41) is 3.52. The summed E-state index contributed by atoms with van der Waals surface area (Å²) in [7, 11) is 0. The van der Waals surface area contributed by atoms with Gasteiger partial charge in [-0.3, -0.25) is 9.69 Å². The van der Waals surface area contributed by atoms with Crippen molar-refractivity contribution >= 4 is 23.3 Å². The molecule has 0 aliphatic carbocycles. The summed E-state index contributed by atoms with van der Waals surface area (Å²) >= 11 is 6.14. The van der Waals surface area contributed by atoms with E-state index in [-0.39, 0.29) is 5.91 Å². The third-order valence-electron chi connectivity index (χ3n) is 3.61. The second-order valence-electron chi connectivity index (χ2n) is 5.19. The van der Waals surface area contributed by atoms with Gasteiger partial charge in [0, 0.05) is 32.7 Å². The van der Waals surface area contributed by atoms with Crippen LogP contribution in [-0.2, 0) is 0 Å². The Morgan fingerprint density at radius 3 is 2.62 bits per heavy atom. The van der Waals surface area contributed by atoms with Crippen molar-refractivity contribution in [3.8, 4) is 0 Å². The number of hydrogen-bond acceptors (Lipinski definition) is 4. The third kappa shape index (κ3) is 4.08. The van der Waals surface area contributed by atoms with Crippen molar-refractivity contribution in [2.45, 2.75) is 20.3 Å². The van der Waals surface area contributed by atoms with E-state index >= 15 is 0 Å². The average Bonchev–Trinajstić information content (AvgIpc) is 2.50. The Kier molecular flexibility index (Phi) is 5.82. The van der Waals surface area contributed by atoms with Crippen molar-refractivity contribution in [1.82, 2.24) is 14.8 Å². The summed E-state index contributed by atoms with van der Waals surface area (Å²) in [6, 6.07) is 3.52. The Morgan fingerprint density at radius 1 is 1.29 bits per heavy atom. The standard InChI is InChI=1S/C15H23ClN4O/c1-3-7-19-8-10-20(11-9-19)15(21)14-12(16)5-6-13(18-14)17-4-2/h5-6H,3-4,7-11H2,1-2H3,(H,17,18). The Balaban J connectivity index is 2.05. The minimum atomic E-state index is -0.0732. The summed E-state index contributed by atoms with van der Waals surface area (Å²) in [6.07, 6.45) is 1.14. The molecule has 1 N–H and O–H groups in total. The lowest BCUT2D eigenvalue weighted by Gasteiger charge is -2.34. The van der Waals surface area contributed by atoms with Crippen LogP contribution in [-0.4, -0.2) is 60.0 Å². The molecule has 0 bridgehead atoms. The van der Waals surface area contributed by atoms with Crippen molar-refractivity contribution < 1.29 is 4.79 Å². The number of hydrogen-bond donors (Lipinski definition) is 1. The van der Waals surface area contributed by atoms with Gasteiger partial charge in [-0.15, -0.1) is 0 Å². The van der Waals surface area contributed by atoms with Gasteiger partial charge in [-0.05, 0) is 32.0 Å². The first-order valence-electron chi connectivity index (χ1n) is 7.57. The molecule has 0 saturated carbocycles. The molecular formula is C15H23ClN4O. The van der Waals surface area contributed by atoms with Crippen LogP contribution in [0.15, 0.2) is 12.1 Å². The Morgan fingerprint density at radius 2 is 2.00 bits per heavy atom. The second kappa shape index (κ2) is 7.61. The molecular weight excluding hydrogens is 288 g/mol. The molecule has 0 unspecified atom stereocenters. The Labute approximate surface area is 131 Å². The molecule has 2 rings (SSSR count). The van der Waals surface area contributed by atoms with Crippen molar-refractivity contribution in [3.05, 3.63) is 22.8 Å². The van der Waals surface area contributed by atoms with E-state index in [9.17, 15) is 4.79 Å². The molecule has 6 heteroatoms. The van der Waals surface area contributed by atoms with Crippen LogP contribution in [0, 0.1) is 0 Å². The van der Waals surface area contributed by atoms with Crippen LogP contribution in [0.4, 0.5) is 5.82 Å². The highest BCUT2D eigenvalue weighted by Gasteiger charge is 2.24. The number of nitrogens with zero attached hydrogens (tertiary/aromatic N) is 3. The van der Waals surface area contributed by atoms with Crippen LogP contribution in [0.5, 0.6) is 0 Å². The minimum absolute atomic E-state index is 0.0732. The van der Waals surface area contributed by atoms with E-state index in [1.807, 2.05) is 11.8 Å². The number of piperazine rings is 1. The number of anilines is 1. The first-order chi connectivity index (χ1) is 10.2. The zero-order chi connectivity index (χ0) is 15.2. The van der Waals surface area contributed by atoms with Gasteiger partial charge in [0.15, 0.2) is 0 Å². The van der Waals surface area contributed by atoms with Crippen molar-refractivity contribution in [1.29, 1.82) is 0 Å². The fraction of sp³-hybridized carbons (Fsp3) is 0.600. The van der Waals surface area contributed by atoms with Gasteiger partial charge in [0.2, 0.25) is 0 Å². The van der Waals surface area contributed by atoms with Crippen molar-refractivity contribution in [3.63, 3.8) is 0 Å². The second-order valence-corrected chi connectivity index (χ2v) is 5.60. The molecule has 0 aromatic carbocycles. The zero-order valence-corrected chi connectivity index (χ0v) is 13.5. The number of aromatic nitrogens is 1. The fourth-order valence-electron chi connectivity index (χ4n) is 2.51. The topological polar surface area (TPSA) is 48.5 Å². The van der Waals surface area contributed by atoms with Gasteiger partial charge in [-0.2, -0.15) is 0 Å². The monoisotopic (exact) mass is 310 g/mol. The number of carbonyl (C=O) groups is 1. The highest BCUT2D eigenvalue weighted by Crippen LogP contribution is 2.19. The number of rotatable bonds is 5. The van der Waals surface area contributed by atoms with Crippen LogP contribution in [0.25, 0.3) is 0 Å². The molecule has 0 spiro atoms. The van der Waals surface area contributed by atoms with Gasteiger partial charge in [-0.1, -0.05) is 18.5 Å². The van der Waals surface area contributed by atoms with Crippen LogP contribution >= 0.6 is 11.6 Å². The maximum Gasteiger partial charge on any atom is 0.274 e. The largest absolute Gasteiger partial charge is 0.370 e. The molecule has 1 aliphatic rings. The lowest BCUT2D eigenvalue weighted by molar-refractivity contribution is 0.0632. The highest BCUT2D eigenvalue weighted by molar-refractivity contribution is 6.33. The van der Waals surface area contributed by atoms with Crippen LogP contribution < -0.4 is 5.32 Å². The minimum Gasteiger partial charge on any atom is -0.370 e. The highest BCUT2D eigenvalue weighted by atomic mass is 35.5. The molecule has 21 heavy (non-hydrogen) atoms. The SMILES string of the molecule is CCCN1CCN(C(=O)c2nc(NCC)ccc2Cl)CC1. The number of carbonyl (C=O) groups excluding carboxylic acids is 1. The van der Waals surface area contributed by atoms with Gasteiger partial charge in [0.25, 0.3) is 5.91 Å². The van der Waals surface area contributed by atoms with Crippen molar-refractivity contribution in [2.24, 2.45) is 0 Å². The summed E-state index contributed by atoms with van der Waals surface area (Å²) < 4.78 is 0. The predicted molar refractivity (Wildman–Crippen MR) is 86.0 cm³/mol. The quantitative estimate of drug-likeness (QED) is 0.907. The number of nitrogens with one attached hydrogen (secondary N) is 1. The summed E-state index contributed by atoms with van der Waals surface area (Å²) in [4.78, 5) is 21.1. The predicted octanol–water partition coefficient (Wildman–Crippen LogP) is 2.33. The van der Waals surface area contributed by atoms with E-state index in [2.05, 4.69) is 22.1 Å². The summed E-state index contributed by atoms with van der Waals surface area (Å²) in [5.74, 6) is 0.616. The van der Waals surface area contributed by atoms with Gasteiger partial charge in [0.05, 0.1) is 5.02 Å². The normalized spacial score (nSPS) is 16.0. The maximum absolute atomic E-state index is 12.6. The molecule has 5 nitrogen and oxygen atoms in total. The molecule has 1 amide bonds. The molecule has 1 aliphatic heterocycles. The van der Waals surface area contributed by atoms with Gasteiger partial charge < -0.3 is 10.2 Å². The van der Waals surface area contributed by atoms with E-state index in [0.717, 1.165) is 45.7 Å². The molecule has 1 aromatic heterocycles. The van der Waals surface area contributed by atoms with E-state index in [0.29, 0.717) is 16.5 Å². The van der Waals surface area contributed by atoms with Crippen LogP contribution in [0.3, 0.4) is 0 Å². The Bertz CT molecular complexity index is 487. The van der Waals surface area contributed by atoms with E-state index in [1.165, 1.54) is 0 Å². The van der Waals surface area contributed by atoms with Crippen LogP contribution in [0.2, 0.25) is 5.02 Å². The number of pyridine rings is 1. The first kappa shape index (κ1) is 16.0.